The fourth-order valence-corrected chi connectivity index (χ4v) is 2.71. The van der Waals surface area contributed by atoms with Crippen molar-refractivity contribution in [2.24, 2.45) is 20.7 Å². The van der Waals surface area contributed by atoms with Gasteiger partial charge in [0.1, 0.15) is 24.3 Å². The third-order valence-corrected chi connectivity index (χ3v) is 3.98. The molecule has 3 N–H and O–H groups in total. The van der Waals surface area contributed by atoms with Crippen molar-refractivity contribution >= 4 is 18.5 Å². The van der Waals surface area contributed by atoms with E-state index in [1.165, 1.54) is 6.34 Å². The summed E-state index contributed by atoms with van der Waals surface area (Å²) in [5, 5.41) is 10.2. The predicted molar refractivity (Wildman–Crippen MR) is 73.8 cm³/mol. The van der Waals surface area contributed by atoms with Gasteiger partial charge in [-0.1, -0.05) is 0 Å². The molecule has 0 spiro atoms. The first-order valence-electron chi connectivity index (χ1n) is 6.63. The molecule has 0 radical (unpaired) electrons. The number of nitrogens with zero attached hydrogens (tertiary/aromatic N) is 4. The van der Waals surface area contributed by atoms with Crippen LogP contribution in [0.2, 0.25) is 0 Å². The number of ether oxygens (including phenoxy) is 2. The number of aliphatic hydroxyl groups is 1. The van der Waals surface area contributed by atoms with Crippen molar-refractivity contribution in [3.05, 3.63) is 0 Å². The zero-order valence-electron chi connectivity index (χ0n) is 11.5. The van der Waals surface area contributed by atoms with E-state index in [4.69, 9.17) is 15.2 Å². The molecule has 0 aromatic carbocycles. The van der Waals surface area contributed by atoms with E-state index >= 15 is 0 Å². The maximum atomic E-state index is 10.2. The molecule has 0 aliphatic carbocycles. The molecule has 3 heterocycles. The van der Waals surface area contributed by atoms with E-state index in [0.29, 0.717) is 12.3 Å². The van der Waals surface area contributed by atoms with Gasteiger partial charge in [-0.05, 0) is 6.92 Å². The summed E-state index contributed by atoms with van der Waals surface area (Å²) in [6.07, 6.45) is 1.97. The lowest BCUT2D eigenvalue weighted by Gasteiger charge is -2.32. The third-order valence-electron chi connectivity index (χ3n) is 3.98. The van der Waals surface area contributed by atoms with Gasteiger partial charge in [-0.2, -0.15) is 0 Å². The molecule has 3 aliphatic rings. The van der Waals surface area contributed by atoms with E-state index < -0.39 is 12.3 Å². The monoisotopic (exact) mass is 281 g/mol. The summed E-state index contributed by atoms with van der Waals surface area (Å²) in [6, 6.07) is -0.297. The second kappa shape index (κ2) is 5.12. The van der Waals surface area contributed by atoms with Gasteiger partial charge in [0.05, 0.1) is 18.5 Å². The Morgan fingerprint density at radius 2 is 2.35 bits per heavy atom. The predicted octanol–water partition coefficient (Wildman–Crippen LogP) is -1.07. The molecule has 0 amide bonds. The number of aliphatic imine (C=N–C) groups is 3. The van der Waals surface area contributed by atoms with Crippen molar-refractivity contribution in [2.75, 3.05) is 7.11 Å². The Morgan fingerprint density at radius 3 is 3.10 bits per heavy atom. The molecule has 20 heavy (non-hydrogen) atoms. The van der Waals surface area contributed by atoms with Crippen molar-refractivity contribution in [3.63, 3.8) is 0 Å². The molecule has 3 aliphatic heterocycles. The Labute approximate surface area is 117 Å². The molecular weight excluding hydrogens is 262 g/mol. The lowest BCUT2D eigenvalue weighted by Crippen LogP contribution is -2.50. The minimum atomic E-state index is -0.613. The molecule has 1 fully saturated rings. The van der Waals surface area contributed by atoms with Crippen LogP contribution in [0.3, 0.4) is 0 Å². The van der Waals surface area contributed by atoms with E-state index in [0.717, 1.165) is 0 Å². The van der Waals surface area contributed by atoms with Crippen LogP contribution in [0.4, 0.5) is 0 Å². The van der Waals surface area contributed by atoms with Crippen LogP contribution in [-0.2, 0) is 9.47 Å². The van der Waals surface area contributed by atoms with E-state index in [1.54, 1.807) is 18.3 Å². The minimum absolute atomic E-state index is 0.0773. The van der Waals surface area contributed by atoms with E-state index in [2.05, 4.69) is 15.0 Å². The molecule has 8 nitrogen and oxygen atoms in total. The largest absolute Gasteiger partial charge is 0.388 e. The van der Waals surface area contributed by atoms with Crippen LogP contribution in [0.5, 0.6) is 0 Å². The highest BCUT2D eigenvalue weighted by Crippen LogP contribution is 2.30. The Bertz CT molecular complexity index is 466. The highest BCUT2D eigenvalue weighted by Gasteiger charge is 2.46. The Kier molecular flexibility index (Phi) is 3.45. The van der Waals surface area contributed by atoms with Gasteiger partial charge in [-0.15, -0.1) is 0 Å². The van der Waals surface area contributed by atoms with Crippen LogP contribution < -0.4 is 5.73 Å². The average molecular weight is 281 g/mol. The van der Waals surface area contributed by atoms with Gasteiger partial charge < -0.3 is 25.2 Å². The highest BCUT2D eigenvalue weighted by atomic mass is 16.6. The molecule has 3 rings (SSSR count). The topological polar surface area (TPSA) is 105 Å². The van der Waals surface area contributed by atoms with Crippen molar-refractivity contribution in [3.8, 4) is 0 Å². The second-order valence-corrected chi connectivity index (χ2v) is 5.20. The van der Waals surface area contributed by atoms with Crippen molar-refractivity contribution in [1.29, 1.82) is 0 Å². The van der Waals surface area contributed by atoms with E-state index in [9.17, 15) is 5.11 Å². The molecule has 8 heteroatoms. The van der Waals surface area contributed by atoms with Crippen molar-refractivity contribution < 1.29 is 14.6 Å². The summed E-state index contributed by atoms with van der Waals surface area (Å²) in [5.74, 6) is 0.429. The molecule has 0 aromatic heterocycles. The number of fused-ring (bicyclic) bond motifs is 1. The first-order valence-corrected chi connectivity index (χ1v) is 6.63. The summed E-state index contributed by atoms with van der Waals surface area (Å²) < 4.78 is 11.2. The van der Waals surface area contributed by atoms with E-state index in [1.807, 2.05) is 6.92 Å². The molecular formula is C12H19N5O3. The third kappa shape index (κ3) is 2.09. The van der Waals surface area contributed by atoms with Crippen LogP contribution in [0.1, 0.15) is 13.3 Å². The zero-order chi connectivity index (χ0) is 14.3. The number of aliphatic hydroxyl groups excluding tert-OH is 1. The molecule has 6 atom stereocenters. The van der Waals surface area contributed by atoms with Gasteiger partial charge in [0, 0.05) is 13.5 Å². The summed E-state index contributed by atoms with van der Waals surface area (Å²) in [5.41, 5.74) is 5.81. The fourth-order valence-electron chi connectivity index (χ4n) is 2.71. The van der Waals surface area contributed by atoms with Gasteiger partial charge in [0.15, 0.2) is 12.4 Å². The molecule has 0 bridgehead atoms. The van der Waals surface area contributed by atoms with Crippen LogP contribution in [-0.4, -0.2) is 72.4 Å². The van der Waals surface area contributed by atoms with Gasteiger partial charge in [-0.3, -0.25) is 4.99 Å². The second-order valence-electron chi connectivity index (χ2n) is 5.20. The molecule has 3 unspecified atom stereocenters. The van der Waals surface area contributed by atoms with Crippen molar-refractivity contribution in [2.45, 2.75) is 50.1 Å². The van der Waals surface area contributed by atoms with Gasteiger partial charge in [-0.25, -0.2) is 9.98 Å². The smallest absolute Gasteiger partial charge is 0.159 e. The number of rotatable bonds is 3. The standard InChI is InChI=1S/C12H19N5O3/c1-6(19-2)8-3-7(18)12(20-8)17-5-16-9-10(13)14-4-15-11(9)17/h4-9,11-12,18H,3H2,1-2H3,(H2,13,14,15)/t6?,7-,8+,9?,11?,12-/m1/s1. The first kappa shape index (κ1) is 13.5. The summed E-state index contributed by atoms with van der Waals surface area (Å²) in [7, 11) is 1.63. The molecule has 0 aromatic rings. The SMILES string of the molecule is COC(C)[C@@H]1C[C@@H](O)[C@H](N2C=NC3C(N)=NC=NC32)O1. The Morgan fingerprint density at radius 1 is 1.55 bits per heavy atom. The van der Waals surface area contributed by atoms with Gasteiger partial charge >= 0.3 is 0 Å². The zero-order valence-corrected chi connectivity index (χ0v) is 11.5. The van der Waals surface area contributed by atoms with Gasteiger partial charge in [0.2, 0.25) is 0 Å². The number of amidine groups is 1. The van der Waals surface area contributed by atoms with Crippen molar-refractivity contribution in [1.82, 2.24) is 4.90 Å². The summed E-state index contributed by atoms with van der Waals surface area (Å²) >= 11 is 0. The number of methoxy groups -OCH3 is 1. The maximum absolute atomic E-state index is 10.2. The van der Waals surface area contributed by atoms with Crippen LogP contribution in [0, 0.1) is 0 Å². The number of hydrogen-bond acceptors (Lipinski definition) is 8. The Balaban J connectivity index is 1.73. The normalized spacial score (nSPS) is 40.9. The molecule has 1 saturated heterocycles. The average Bonchev–Trinajstić information content (AvgIpc) is 3.02. The fraction of sp³-hybridized carbons (Fsp3) is 0.750. The highest BCUT2D eigenvalue weighted by molar-refractivity contribution is 5.96. The summed E-state index contributed by atoms with van der Waals surface area (Å²) in [4.78, 5) is 14.3. The van der Waals surface area contributed by atoms with Crippen LogP contribution in [0.25, 0.3) is 0 Å². The first-order chi connectivity index (χ1) is 9.61. The quantitative estimate of drug-likeness (QED) is 0.685. The van der Waals surface area contributed by atoms with Gasteiger partial charge in [0.25, 0.3) is 0 Å². The number of nitrogens with two attached hydrogens (primary N) is 1. The molecule has 110 valence electrons. The lowest BCUT2D eigenvalue weighted by atomic mass is 10.1. The van der Waals surface area contributed by atoms with E-state index in [-0.39, 0.29) is 24.4 Å². The Hall–Kier alpha value is -1.51. The molecule has 0 saturated carbocycles. The lowest BCUT2D eigenvalue weighted by molar-refractivity contribution is -0.0993. The minimum Gasteiger partial charge on any atom is -0.388 e. The number of hydrogen-bond donors (Lipinski definition) is 2. The summed E-state index contributed by atoms with van der Waals surface area (Å²) in [6.45, 7) is 1.92. The van der Waals surface area contributed by atoms with Crippen LogP contribution in [0.15, 0.2) is 15.0 Å². The maximum Gasteiger partial charge on any atom is 0.159 e. The van der Waals surface area contributed by atoms with Crippen LogP contribution >= 0.6 is 0 Å².